The van der Waals surface area contributed by atoms with Gasteiger partial charge >= 0.3 is 0 Å². The predicted molar refractivity (Wildman–Crippen MR) is 130 cm³/mol. The fraction of sp³-hybridized carbons (Fsp3) is 0.600. The first kappa shape index (κ1) is 25.4. The van der Waals surface area contributed by atoms with Gasteiger partial charge in [0.05, 0.1) is 6.61 Å². The van der Waals surface area contributed by atoms with Gasteiger partial charge in [0.15, 0.2) is 0 Å². The molecule has 10 heteroatoms. The SMILES string of the molecule is O=C[C@@](CO)(CCN(CCCCc1ccc2c(n1)NCCC2)C1CC(F)(F)C1)Nc1ccncn1. The average molecular weight is 489 g/mol. The maximum absolute atomic E-state index is 13.6. The number of aliphatic hydroxyl groups excluding tert-OH is 1. The molecule has 190 valence electrons. The molecule has 2 aromatic rings. The van der Waals surface area contributed by atoms with Crippen molar-refractivity contribution in [3.05, 3.63) is 42.0 Å². The molecule has 0 bridgehead atoms. The van der Waals surface area contributed by atoms with Gasteiger partial charge in [-0.2, -0.15) is 0 Å². The van der Waals surface area contributed by atoms with Gasteiger partial charge in [0.25, 0.3) is 5.92 Å². The van der Waals surface area contributed by atoms with Crippen molar-refractivity contribution in [1.82, 2.24) is 19.9 Å². The number of carbonyl (C=O) groups is 1. The van der Waals surface area contributed by atoms with E-state index < -0.39 is 18.1 Å². The van der Waals surface area contributed by atoms with E-state index in [1.165, 1.54) is 11.9 Å². The number of halogens is 2. The number of aldehydes is 1. The summed E-state index contributed by atoms with van der Waals surface area (Å²) >= 11 is 0. The standard InChI is InChI=1S/C25H34F2N6O2/c26-25(27)14-21(15-25)33(13-9-24(16-34,17-35)32-22-8-11-28-18-30-22)12-2-1-5-20-7-6-19-4-3-10-29-23(19)31-20/h6-8,11,16,18,21,35H,1-5,9-10,12-15,17H2,(H,29,31)(H,28,30,32)/t24-/m1/s1. The number of fused-ring (bicyclic) bond motifs is 1. The zero-order valence-corrected chi connectivity index (χ0v) is 19.9. The van der Waals surface area contributed by atoms with Gasteiger partial charge in [0.1, 0.15) is 29.8 Å². The lowest BCUT2D eigenvalue weighted by molar-refractivity contribution is -0.126. The molecule has 0 aromatic carbocycles. The van der Waals surface area contributed by atoms with Crippen LogP contribution in [0.15, 0.2) is 30.7 Å². The van der Waals surface area contributed by atoms with Crippen molar-refractivity contribution < 1.29 is 18.7 Å². The number of carbonyl (C=O) groups excluding carboxylic acids is 1. The van der Waals surface area contributed by atoms with Gasteiger partial charge in [-0.05, 0) is 62.8 Å². The molecule has 1 aliphatic heterocycles. The molecule has 0 amide bonds. The highest BCUT2D eigenvalue weighted by Gasteiger charge is 2.48. The highest BCUT2D eigenvalue weighted by Crippen LogP contribution is 2.40. The molecule has 2 aliphatic rings. The van der Waals surface area contributed by atoms with Crippen LogP contribution in [-0.2, 0) is 17.6 Å². The van der Waals surface area contributed by atoms with E-state index in [0.29, 0.717) is 25.2 Å². The minimum Gasteiger partial charge on any atom is -0.393 e. The predicted octanol–water partition coefficient (Wildman–Crippen LogP) is 3.08. The minimum atomic E-state index is -2.62. The number of unbranched alkanes of at least 4 members (excludes halogenated alkanes) is 1. The van der Waals surface area contributed by atoms with Gasteiger partial charge in [-0.3, -0.25) is 4.90 Å². The number of anilines is 2. The lowest BCUT2D eigenvalue weighted by atomic mass is 9.86. The Morgan fingerprint density at radius 3 is 2.83 bits per heavy atom. The zero-order chi connectivity index (χ0) is 24.7. The van der Waals surface area contributed by atoms with Gasteiger partial charge in [-0.1, -0.05) is 6.07 Å². The van der Waals surface area contributed by atoms with Crippen molar-refractivity contribution in [3.8, 4) is 0 Å². The Bertz CT molecular complexity index is 972. The first-order valence-corrected chi connectivity index (χ1v) is 12.4. The first-order valence-electron chi connectivity index (χ1n) is 12.4. The molecule has 35 heavy (non-hydrogen) atoms. The summed E-state index contributed by atoms with van der Waals surface area (Å²) in [6.45, 7) is 1.59. The Morgan fingerprint density at radius 2 is 2.11 bits per heavy atom. The van der Waals surface area contributed by atoms with E-state index in [9.17, 15) is 18.7 Å². The second-order valence-corrected chi connectivity index (χ2v) is 9.65. The van der Waals surface area contributed by atoms with E-state index in [4.69, 9.17) is 4.98 Å². The van der Waals surface area contributed by atoms with Crippen molar-refractivity contribution in [2.24, 2.45) is 0 Å². The number of pyridine rings is 1. The van der Waals surface area contributed by atoms with Crippen LogP contribution in [0.25, 0.3) is 0 Å². The lowest BCUT2D eigenvalue weighted by Gasteiger charge is -2.43. The van der Waals surface area contributed by atoms with Gasteiger partial charge in [-0.15, -0.1) is 0 Å². The molecule has 3 heterocycles. The molecule has 4 rings (SSSR count). The summed E-state index contributed by atoms with van der Waals surface area (Å²) in [5.74, 6) is -1.21. The van der Waals surface area contributed by atoms with E-state index in [1.54, 1.807) is 12.3 Å². The number of aryl methyl sites for hydroxylation is 2. The second kappa shape index (κ2) is 11.3. The van der Waals surface area contributed by atoms with Crippen LogP contribution in [0.1, 0.15) is 49.8 Å². The van der Waals surface area contributed by atoms with Crippen molar-refractivity contribution in [2.45, 2.75) is 68.9 Å². The normalized spacial score (nSPS) is 18.7. The molecule has 0 spiro atoms. The first-order chi connectivity index (χ1) is 16.9. The molecule has 2 aromatic heterocycles. The number of nitrogens with zero attached hydrogens (tertiary/aromatic N) is 4. The Balaban J connectivity index is 1.32. The summed E-state index contributed by atoms with van der Waals surface area (Å²) in [6.07, 6.45) is 8.24. The maximum Gasteiger partial charge on any atom is 0.251 e. The van der Waals surface area contributed by atoms with Crippen LogP contribution in [-0.4, -0.2) is 75.0 Å². The summed E-state index contributed by atoms with van der Waals surface area (Å²) in [7, 11) is 0. The summed E-state index contributed by atoms with van der Waals surface area (Å²) in [4.78, 5) is 26.6. The largest absolute Gasteiger partial charge is 0.393 e. The number of hydrogen-bond donors (Lipinski definition) is 3. The third-order valence-corrected chi connectivity index (χ3v) is 6.98. The number of rotatable bonds is 13. The Morgan fingerprint density at radius 1 is 1.26 bits per heavy atom. The molecule has 1 saturated carbocycles. The molecule has 1 fully saturated rings. The van der Waals surface area contributed by atoms with Crippen molar-refractivity contribution in [1.29, 1.82) is 0 Å². The van der Waals surface area contributed by atoms with Crippen LogP contribution in [0.4, 0.5) is 20.4 Å². The van der Waals surface area contributed by atoms with Gasteiger partial charge < -0.3 is 20.5 Å². The van der Waals surface area contributed by atoms with E-state index in [2.05, 4.69) is 32.7 Å². The second-order valence-electron chi connectivity index (χ2n) is 9.65. The Labute approximate surface area is 204 Å². The van der Waals surface area contributed by atoms with Gasteiger partial charge in [0.2, 0.25) is 0 Å². The molecule has 0 unspecified atom stereocenters. The molecular weight excluding hydrogens is 454 g/mol. The highest BCUT2D eigenvalue weighted by molar-refractivity contribution is 5.70. The Kier molecular flexibility index (Phi) is 8.22. The Hall–Kier alpha value is -2.72. The average Bonchev–Trinajstić information content (AvgIpc) is 2.86. The molecular formula is C25H34F2N6O2. The summed E-state index contributed by atoms with van der Waals surface area (Å²) in [6, 6.07) is 5.61. The molecule has 1 atom stereocenters. The van der Waals surface area contributed by atoms with Crippen LogP contribution in [0.3, 0.4) is 0 Å². The summed E-state index contributed by atoms with van der Waals surface area (Å²) in [5.41, 5.74) is 1.06. The fourth-order valence-corrected chi connectivity index (χ4v) is 4.76. The number of nitrogens with one attached hydrogen (secondary N) is 2. The van der Waals surface area contributed by atoms with Gasteiger partial charge in [0, 0.05) is 43.9 Å². The lowest BCUT2D eigenvalue weighted by Crippen LogP contribution is -2.54. The number of hydrogen-bond acceptors (Lipinski definition) is 8. The van der Waals surface area contributed by atoms with E-state index in [1.807, 2.05) is 4.90 Å². The monoisotopic (exact) mass is 488 g/mol. The quantitative estimate of drug-likeness (QED) is 0.292. The molecule has 1 aliphatic carbocycles. The van der Waals surface area contributed by atoms with Gasteiger partial charge in [-0.25, -0.2) is 23.7 Å². The van der Waals surface area contributed by atoms with Crippen LogP contribution in [0.2, 0.25) is 0 Å². The fourth-order valence-electron chi connectivity index (χ4n) is 4.76. The van der Waals surface area contributed by atoms with Crippen LogP contribution in [0, 0.1) is 0 Å². The van der Waals surface area contributed by atoms with Crippen molar-refractivity contribution in [3.63, 3.8) is 0 Å². The minimum absolute atomic E-state index is 0.169. The third kappa shape index (κ3) is 6.70. The number of aliphatic hydroxyl groups is 1. The smallest absolute Gasteiger partial charge is 0.251 e. The number of alkyl halides is 2. The van der Waals surface area contributed by atoms with Crippen LogP contribution in [0.5, 0.6) is 0 Å². The molecule has 3 N–H and O–H groups in total. The summed E-state index contributed by atoms with van der Waals surface area (Å²) in [5, 5.41) is 16.3. The van der Waals surface area contributed by atoms with Crippen LogP contribution >= 0.6 is 0 Å². The molecule has 0 radical (unpaired) electrons. The topological polar surface area (TPSA) is 103 Å². The van der Waals surface area contributed by atoms with Crippen molar-refractivity contribution >= 4 is 17.9 Å². The highest BCUT2D eigenvalue weighted by atomic mass is 19.3. The third-order valence-electron chi connectivity index (χ3n) is 6.98. The zero-order valence-electron chi connectivity index (χ0n) is 19.9. The van der Waals surface area contributed by atoms with E-state index in [0.717, 1.165) is 50.2 Å². The maximum atomic E-state index is 13.6. The molecule has 0 saturated heterocycles. The molecule has 8 nitrogen and oxygen atoms in total. The van der Waals surface area contributed by atoms with E-state index in [-0.39, 0.29) is 25.3 Å². The summed E-state index contributed by atoms with van der Waals surface area (Å²) < 4.78 is 27.3. The van der Waals surface area contributed by atoms with E-state index >= 15 is 0 Å². The van der Waals surface area contributed by atoms with Crippen LogP contribution < -0.4 is 10.6 Å². The van der Waals surface area contributed by atoms with Crippen molar-refractivity contribution in [2.75, 3.05) is 36.9 Å². The number of aromatic nitrogens is 3.